The molecule has 0 aliphatic carbocycles. The lowest BCUT2D eigenvalue weighted by atomic mass is 10.2. The van der Waals surface area contributed by atoms with E-state index < -0.39 is 0 Å². The van der Waals surface area contributed by atoms with Crippen LogP contribution in [-0.4, -0.2) is 23.0 Å². The SMILES string of the molecule is COC(=O)c1cccc(Nc2cc(C)nc(NCc3ccccc3Cl)n2)c1. The molecule has 0 atom stereocenters. The molecule has 0 radical (unpaired) electrons. The molecule has 3 aromatic rings. The van der Waals surface area contributed by atoms with Crippen molar-refractivity contribution in [3.05, 3.63) is 76.4 Å². The third-order valence-corrected chi connectivity index (χ3v) is 4.17. The molecule has 1 heterocycles. The molecular weight excluding hydrogens is 364 g/mol. The normalized spacial score (nSPS) is 10.3. The number of aryl methyl sites for hydroxylation is 1. The van der Waals surface area contributed by atoms with Crippen LogP contribution in [0.4, 0.5) is 17.5 Å². The van der Waals surface area contributed by atoms with Gasteiger partial charge in [0.2, 0.25) is 5.95 Å². The number of esters is 1. The van der Waals surface area contributed by atoms with Crippen molar-refractivity contribution >= 4 is 35.0 Å². The van der Waals surface area contributed by atoms with Gasteiger partial charge in [0.25, 0.3) is 0 Å². The maximum Gasteiger partial charge on any atom is 0.337 e. The monoisotopic (exact) mass is 382 g/mol. The fraction of sp³-hybridized carbons (Fsp3) is 0.150. The van der Waals surface area contributed by atoms with Crippen molar-refractivity contribution in [1.82, 2.24) is 9.97 Å². The molecule has 2 N–H and O–H groups in total. The van der Waals surface area contributed by atoms with Gasteiger partial charge in [-0.2, -0.15) is 4.98 Å². The van der Waals surface area contributed by atoms with E-state index in [9.17, 15) is 4.79 Å². The molecule has 3 rings (SSSR count). The number of methoxy groups -OCH3 is 1. The number of anilines is 3. The van der Waals surface area contributed by atoms with Crippen LogP contribution in [0, 0.1) is 6.92 Å². The summed E-state index contributed by atoms with van der Waals surface area (Å²) in [6.45, 7) is 2.40. The number of hydrogen-bond donors (Lipinski definition) is 2. The molecule has 0 spiro atoms. The van der Waals surface area contributed by atoms with E-state index >= 15 is 0 Å². The zero-order valence-electron chi connectivity index (χ0n) is 15.0. The molecule has 2 aromatic carbocycles. The minimum atomic E-state index is -0.389. The zero-order chi connectivity index (χ0) is 19.2. The van der Waals surface area contributed by atoms with Gasteiger partial charge in [0.15, 0.2) is 0 Å². The topological polar surface area (TPSA) is 76.1 Å². The van der Waals surface area contributed by atoms with Crippen molar-refractivity contribution in [1.29, 1.82) is 0 Å². The maximum absolute atomic E-state index is 11.7. The summed E-state index contributed by atoms with van der Waals surface area (Å²) < 4.78 is 4.75. The van der Waals surface area contributed by atoms with Crippen LogP contribution in [0.15, 0.2) is 54.6 Å². The third kappa shape index (κ3) is 4.95. The summed E-state index contributed by atoms with van der Waals surface area (Å²) in [5.41, 5.74) is 2.96. The summed E-state index contributed by atoms with van der Waals surface area (Å²) in [6, 6.07) is 16.5. The Morgan fingerprint density at radius 2 is 1.93 bits per heavy atom. The Bertz CT molecular complexity index is 962. The molecule has 7 heteroatoms. The average Bonchev–Trinajstić information content (AvgIpc) is 2.66. The standard InChI is InChI=1S/C20H19ClN4O2/c1-13-10-18(24-16-8-5-7-14(11-16)19(26)27-2)25-20(23-13)22-12-15-6-3-4-9-17(15)21/h3-11H,12H2,1-2H3,(H2,22,23,24,25). The number of ether oxygens (including phenoxy) is 1. The number of rotatable bonds is 6. The lowest BCUT2D eigenvalue weighted by Crippen LogP contribution is -2.07. The summed E-state index contributed by atoms with van der Waals surface area (Å²) >= 11 is 6.18. The molecule has 0 saturated carbocycles. The van der Waals surface area contributed by atoms with E-state index in [1.165, 1.54) is 7.11 Å². The van der Waals surface area contributed by atoms with Crippen molar-refractivity contribution in [2.24, 2.45) is 0 Å². The molecule has 0 bridgehead atoms. The van der Waals surface area contributed by atoms with Crippen molar-refractivity contribution in [2.75, 3.05) is 17.7 Å². The fourth-order valence-electron chi connectivity index (χ4n) is 2.52. The fourth-order valence-corrected chi connectivity index (χ4v) is 2.72. The van der Waals surface area contributed by atoms with E-state index in [0.29, 0.717) is 28.9 Å². The van der Waals surface area contributed by atoms with Crippen LogP contribution in [0.3, 0.4) is 0 Å². The van der Waals surface area contributed by atoms with Gasteiger partial charge in [-0.1, -0.05) is 35.9 Å². The molecule has 0 amide bonds. The second-order valence-corrected chi connectivity index (χ2v) is 6.27. The molecule has 0 unspecified atom stereocenters. The first kappa shape index (κ1) is 18.7. The largest absolute Gasteiger partial charge is 0.465 e. The van der Waals surface area contributed by atoms with E-state index in [1.807, 2.05) is 43.3 Å². The predicted octanol–water partition coefficient (Wildman–Crippen LogP) is 4.58. The molecular formula is C20H19ClN4O2. The Labute approximate surface area is 162 Å². The Hall–Kier alpha value is -3.12. The number of nitrogens with zero attached hydrogens (tertiary/aromatic N) is 2. The van der Waals surface area contributed by atoms with Crippen molar-refractivity contribution in [3.63, 3.8) is 0 Å². The lowest BCUT2D eigenvalue weighted by molar-refractivity contribution is 0.0601. The zero-order valence-corrected chi connectivity index (χ0v) is 15.7. The van der Waals surface area contributed by atoms with E-state index in [2.05, 4.69) is 20.6 Å². The van der Waals surface area contributed by atoms with Gasteiger partial charge in [0.05, 0.1) is 12.7 Å². The lowest BCUT2D eigenvalue weighted by Gasteiger charge is -2.11. The van der Waals surface area contributed by atoms with E-state index in [1.54, 1.807) is 18.2 Å². The van der Waals surface area contributed by atoms with Gasteiger partial charge in [0.1, 0.15) is 5.82 Å². The average molecular weight is 383 g/mol. The highest BCUT2D eigenvalue weighted by atomic mass is 35.5. The van der Waals surface area contributed by atoms with Crippen LogP contribution in [0.2, 0.25) is 5.02 Å². The van der Waals surface area contributed by atoms with Gasteiger partial charge in [-0.25, -0.2) is 9.78 Å². The number of halogens is 1. The van der Waals surface area contributed by atoms with E-state index in [4.69, 9.17) is 16.3 Å². The van der Waals surface area contributed by atoms with Crippen molar-refractivity contribution in [2.45, 2.75) is 13.5 Å². The molecule has 0 saturated heterocycles. The minimum Gasteiger partial charge on any atom is -0.465 e. The maximum atomic E-state index is 11.7. The smallest absolute Gasteiger partial charge is 0.337 e. The highest BCUT2D eigenvalue weighted by Crippen LogP contribution is 2.20. The Balaban J connectivity index is 1.75. The third-order valence-electron chi connectivity index (χ3n) is 3.81. The first-order valence-corrected chi connectivity index (χ1v) is 8.71. The molecule has 138 valence electrons. The molecule has 0 fully saturated rings. The molecule has 27 heavy (non-hydrogen) atoms. The van der Waals surface area contributed by atoms with Gasteiger partial charge in [-0.3, -0.25) is 0 Å². The highest BCUT2D eigenvalue weighted by molar-refractivity contribution is 6.31. The van der Waals surface area contributed by atoms with Gasteiger partial charge < -0.3 is 15.4 Å². The van der Waals surface area contributed by atoms with Gasteiger partial charge >= 0.3 is 5.97 Å². The molecule has 0 aliphatic heterocycles. The first-order chi connectivity index (χ1) is 13.0. The highest BCUT2D eigenvalue weighted by Gasteiger charge is 2.08. The summed E-state index contributed by atoms with van der Waals surface area (Å²) in [5.74, 6) is 0.715. The van der Waals surface area contributed by atoms with Crippen LogP contribution in [-0.2, 0) is 11.3 Å². The number of benzene rings is 2. The minimum absolute atomic E-state index is 0.389. The number of hydrogen-bond acceptors (Lipinski definition) is 6. The number of carbonyl (C=O) groups excluding carboxylic acids is 1. The van der Waals surface area contributed by atoms with E-state index in [-0.39, 0.29) is 5.97 Å². The quantitative estimate of drug-likeness (QED) is 0.608. The number of aromatic nitrogens is 2. The Kier molecular flexibility index (Phi) is 5.88. The second-order valence-electron chi connectivity index (χ2n) is 5.86. The van der Waals surface area contributed by atoms with Crippen LogP contribution in [0.25, 0.3) is 0 Å². The summed E-state index contributed by atoms with van der Waals surface area (Å²) in [7, 11) is 1.35. The Morgan fingerprint density at radius 1 is 1.11 bits per heavy atom. The molecule has 1 aromatic heterocycles. The summed E-state index contributed by atoms with van der Waals surface area (Å²) in [6.07, 6.45) is 0. The summed E-state index contributed by atoms with van der Waals surface area (Å²) in [4.78, 5) is 20.6. The molecule has 0 aliphatic rings. The van der Waals surface area contributed by atoms with Crippen LogP contribution < -0.4 is 10.6 Å². The van der Waals surface area contributed by atoms with Gasteiger partial charge in [-0.15, -0.1) is 0 Å². The molecule has 6 nitrogen and oxygen atoms in total. The number of carbonyl (C=O) groups is 1. The van der Waals surface area contributed by atoms with Gasteiger partial charge in [-0.05, 0) is 36.8 Å². The van der Waals surface area contributed by atoms with Crippen LogP contribution in [0.5, 0.6) is 0 Å². The van der Waals surface area contributed by atoms with Crippen molar-refractivity contribution in [3.8, 4) is 0 Å². The summed E-state index contributed by atoms with van der Waals surface area (Å²) in [5, 5.41) is 7.07. The number of nitrogens with one attached hydrogen (secondary N) is 2. The van der Waals surface area contributed by atoms with Crippen LogP contribution in [0.1, 0.15) is 21.6 Å². The predicted molar refractivity (Wildman–Crippen MR) is 107 cm³/mol. The Morgan fingerprint density at radius 3 is 2.70 bits per heavy atom. The van der Waals surface area contributed by atoms with Crippen molar-refractivity contribution < 1.29 is 9.53 Å². The second kappa shape index (κ2) is 8.51. The van der Waals surface area contributed by atoms with Crippen LogP contribution >= 0.6 is 11.6 Å². The van der Waals surface area contributed by atoms with E-state index in [0.717, 1.165) is 16.9 Å². The van der Waals surface area contributed by atoms with Gasteiger partial charge in [0, 0.05) is 29.0 Å². The first-order valence-electron chi connectivity index (χ1n) is 8.33.